The van der Waals surface area contributed by atoms with Crippen LogP contribution in [0, 0.1) is 11.3 Å². The van der Waals surface area contributed by atoms with E-state index in [0.29, 0.717) is 24.8 Å². The number of carbonyl (C=O) groups is 1. The highest BCUT2D eigenvalue weighted by molar-refractivity contribution is 6.10. The Balaban J connectivity index is 1.52. The molecule has 2 aliphatic carbocycles. The van der Waals surface area contributed by atoms with Gasteiger partial charge in [0.2, 0.25) is 0 Å². The molecule has 0 saturated carbocycles. The van der Waals surface area contributed by atoms with E-state index in [1.807, 2.05) is 18.2 Å². The zero-order valence-corrected chi connectivity index (χ0v) is 20.0. The number of amides is 1. The third kappa shape index (κ3) is 2.91. The second kappa shape index (κ2) is 7.40. The average Bonchev–Trinajstić information content (AvgIpc) is 3.12. The van der Waals surface area contributed by atoms with Crippen molar-refractivity contribution in [2.45, 2.75) is 55.8 Å². The Kier molecular flexibility index (Phi) is 4.61. The van der Waals surface area contributed by atoms with E-state index in [1.165, 1.54) is 16.0 Å². The number of nitrogens with two attached hydrogens (primary N) is 1. The summed E-state index contributed by atoms with van der Waals surface area (Å²) in [5.74, 6) is 0.107. The van der Waals surface area contributed by atoms with Gasteiger partial charge in [0.05, 0.1) is 17.2 Å². The van der Waals surface area contributed by atoms with E-state index in [-0.39, 0.29) is 11.9 Å². The number of rotatable bonds is 1. The molecule has 1 saturated heterocycles. The van der Waals surface area contributed by atoms with Crippen molar-refractivity contribution < 1.29 is 9.53 Å². The van der Waals surface area contributed by atoms with Crippen LogP contribution in [0.2, 0.25) is 0 Å². The Bertz CT molecular complexity index is 1370. The highest BCUT2D eigenvalue weighted by Gasteiger charge is 2.73. The number of hydrogen-bond donors (Lipinski definition) is 1. The van der Waals surface area contributed by atoms with Gasteiger partial charge in [-0.05, 0) is 79.5 Å². The summed E-state index contributed by atoms with van der Waals surface area (Å²) in [7, 11) is 1.70. The molecule has 4 aliphatic rings. The van der Waals surface area contributed by atoms with Crippen LogP contribution >= 0.6 is 0 Å². The van der Waals surface area contributed by atoms with Gasteiger partial charge in [-0.15, -0.1) is 0 Å². The largest absolute Gasteiger partial charge is 0.369 e. The number of hydrogen-bond acceptors (Lipinski definition) is 5. The van der Waals surface area contributed by atoms with Crippen LogP contribution in [-0.4, -0.2) is 40.6 Å². The summed E-state index contributed by atoms with van der Waals surface area (Å²) in [6.45, 7) is 2.07. The molecular weight excluding hydrogens is 436 g/mol. The van der Waals surface area contributed by atoms with Gasteiger partial charge in [0, 0.05) is 12.6 Å². The number of allylic oxidation sites excluding steroid dienone is 2. The predicted molar refractivity (Wildman–Crippen MR) is 134 cm³/mol. The lowest BCUT2D eigenvalue weighted by Crippen LogP contribution is -2.57. The molecule has 2 N–H and O–H groups in total. The zero-order valence-electron chi connectivity index (χ0n) is 20.0. The summed E-state index contributed by atoms with van der Waals surface area (Å²) < 4.78 is 7.05. The average molecular weight is 465 g/mol. The van der Waals surface area contributed by atoms with E-state index in [4.69, 9.17) is 15.5 Å². The minimum atomic E-state index is -1.20. The van der Waals surface area contributed by atoms with Crippen LogP contribution < -0.4 is 5.73 Å². The van der Waals surface area contributed by atoms with Crippen LogP contribution in [0.15, 0.2) is 71.2 Å². The van der Waals surface area contributed by atoms with Crippen LogP contribution in [-0.2, 0) is 22.4 Å². The van der Waals surface area contributed by atoms with Gasteiger partial charge in [-0.1, -0.05) is 42.5 Å². The van der Waals surface area contributed by atoms with E-state index in [9.17, 15) is 10.1 Å². The molecule has 1 amide bonds. The van der Waals surface area contributed by atoms with Crippen molar-refractivity contribution in [2.24, 2.45) is 10.7 Å². The molecule has 176 valence electrons. The monoisotopic (exact) mass is 464 g/mol. The number of fused-ring (bicyclic) bond motifs is 4. The molecule has 2 heterocycles. The second-order valence-electron chi connectivity index (χ2n) is 10.3. The SMILES string of the molecule is CN1C(=O)C2(N=C1N)C1=CC(c3cccc(C#N)c3)=CCC1(C)OC21CCc2ccccc2CC1. The van der Waals surface area contributed by atoms with E-state index in [2.05, 4.69) is 49.4 Å². The van der Waals surface area contributed by atoms with Gasteiger partial charge in [0.1, 0.15) is 5.60 Å². The summed E-state index contributed by atoms with van der Waals surface area (Å²) in [5.41, 5.74) is 9.64. The van der Waals surface area contributed by atoms with E-state index in [0.717, 1.165) is 29.6 Å². The topological polar surface area (TPSA) is 91.7 Å². The number of carbonyl (C=O) groups excluding carboxylic acids is 1. The lowest BCUT2D eigenvalue weighted by atomic mass is 9.67. The third-order valence-corrected chi connectivity index (χ3v) is 8.33. The lowest BCUT2D eigenvalue weighted by Gasteiger charge is -2.38. The first-order valence-electron chi connectivity index (χ1n) is 12.2. The van der Waals surface area contributed by atoms with Gasteiger partial charge in [-0.2, -0.15) is 5.26 Å². The number of ether oxygens (including phenoxy) is 1. The Morgan fingerprint density at radius 1 is 1.11 bits per heavy atom. The molecule has 0 radical (unpaired) electrons. The van der Waals surface area contributed by atoms with Crippen molar-refractivity contribution in [3.05, 3.63) is 88.5 Å². The Hall–Kier alpha value is -3.69. The van der Waals surface area contributed by atoms with E-state index >= 15 is 0 Å². The van der Waals surface area contributed by atoms with Crippen molar-refractivity contribution in [1.29, 1.82) is 5.26 Å². The van der Waals surface area contributed by atoms with Gasteiger partial charge in [-0.3, -0.25) is 9.69 Å². The molecule has 2 atom stereocenters. The molecule has 2 aromatic carbocycles. The zero-order chi connectivity index (χ0) is 24.4. The van der Waals surface area contributed by atoms with Crippen molar-refractivity contribution in [3.63, 3.8) is 0 Å². The van der Waals surface area contributed by atoms with Gasteiger partial charge >= 0.3 is 0 Å². The Morgan fingerprint density at radius 2 is 1.83 bits per heavy atom. The summed E-state index contributed by atoms with van der Waals surface area (Å²) in [5, 5.41) is 9.39. The van der Waals surface area contributed by atoms with Gasteiger partial charge in [-0.25, -0.2) is 4.99 Å². The quantitative estimate of drug-likeness (QED) is 0.693. The standard InChI is InChI=1S/C29H28N4O2/c1-27-13-10-23(22-9-5-6-19(16-22)18-30)17-24(27)29(25(34)33(2)26(31)32-29)28(35-27)14-11-20-7-3-4-8-21(20)12-15-28/h3-10,16-17H,11-15H2,1-2H3,(H2,31,32). The van der Waals surface area contributed by atoms with Crippen molar-refractivity contribution in [3.8, 4) is 6.07 Å². The fourth-order valence-electron chi connectivity index (χ4n) is 6.51. The number of benzene rings is 2. The minimum Gasteiger partial charge on any atom is -0.369 e. The number of likely N-dealkylation sites (N-methyl/N-ethyl adjacent to an activating group) is 1. The van der Waals surface area contributed by atoms with Crippen LogP contribution in [0.3, 0.4) is 0 Å². The minimum absolute atomic E-state index is 0.122. The molecule has 2 unspecified atom stereocenters. The first kappa shape index (κ1) is 21.8. The molecule has 1 fully saturated rings. The second-order valence-corrected chi connectivity index (χ2v) is 10.3. The van der Waals surface area contributed by atoms with Gasteiger partial charge in [0.15, 0.2) is 11.5 Å². The van der Waals surface area contributed by atoms with Crippen LogP contribution in [0.1, 0.15) is 48.4 Å². The van der Waals surface area contributed by atoms with Crippen molar-refractivity contribution in [1.82, 2.24) is 4.90 Å². The smallest absolute Gasteiger partial charge is 0.264 e. The number of aryl methyl sites for hydroxylation is 2. The van der Waals surface area contributed by atoms with Gasteiger partial charge in [0.25, 0.3) is 5.91 Å². The fourth-order valence-corrected chi connectivity index (χ4v) is 6.51. The molecule has 2 aromatic rings. The number of nitrogens with zero attached hydrogens (tertiary/aromatic N) is 3. The molecule has 2 aliphatic heterocycles. The van der Waals surface area contributed by atoms with Crippen molar-refractivity contribution >= 4 is 17.4 Å². The maximum atomic E-state index is 14.1. The normalized spacial score (nSPS) is 28.7. The molecule has 6 nitrogen and oxygen atoms in total. The van der Waals surface area contributed by atoms with Gasteiger partial charge < -0.3 is 10.5 Å². The fraction of sp³-hybridized carbons (Fsp3) is 0.345. The summed E-state index contributed by atoms with van der Waals surface area (Å²) in [4.78, 5) is 20.5. The first-order chi connectivity index (χ1) is 16.8. The molecule has 6 heteroatoms. The maximum Gasteiger partial charge on any atom is 0.264 e. The summed E-state index contributed by atoms with van der Waals surface area (Å²) in [6, 6.07) is 18.3. The van der Waals surface area contributed by atoms with Crippen LogP contribution in [0.5, 0.6) is 0 Å². The maximum absolute atomic E-state index is 14.1. The summed E-state index contributed by atoms with van der Waals surface area (Å²) in [6.07, 6.45) is 7.85. The molecule has 35 heavy (non-hydrogen) atoms. The predicted octanol–water partition coefficient (Wildman–Crippen LogP) is 3.90. The molecular formula is C29H28N4O2. The highest BCUT2D eigenvalue weighted by atomic mass is 16.5. The van der Waals surface area contributed by atoms with E-state index < -0.39 is 16.7 Å². The first-order valence-corrected chi connectivity index (χ1v) is 12.2. The lowest BCUT2D eigenvalue weighted by molar-refractivity contribution is -0.144. The van der Waals surface area contributed by atoms with E-state index in [1.54, 1.807) is 13.1 Å². The Labute approximate surface area is 205 Å². The van der Waals surface area contributed by atoms with Crippen LogP contribution in [0.25, 0.3) is 5.57 Å². The summed E-state index contributed by atoms with van der Waals surface area (Å²) >= 11 is 0. The third-order valence-electron chi connectivity index (χ3n) is 8.33. The van der Waals surface area contributed by atoms with Crippen LogP contribution in [0.4, 0.5) is 0 Å². The molecule has 0 aromatic heterocycles. The molecule has 6 rings (SSSR count). The van der Waals surface area contributed by atoms with Crippen molar-refractivity contribution in [2.75, 3.05) is 7.05 Å². The number of aliphatic imine (C=N–C) groups is 1. The molecule has 2 spiro atoms. The Morgan fingerprint density at radius 3 is 2.46 bits per heavy atom. The molecule has 0 bridgehead atoms. The number of guanidine groups is 1. The number of nitriles is 1. The highest BCUT2D eigenvalue weighted by Crippen LogP contribution is 2.61.